The van der Waals surface area contributed by atoms with Crippen LogP contribution in [-0.4, -0.2) is 35.7 Å². The van der Waals surface area contributed by atoms with Crippen LogP contribution in [0.25, 0.3) is 10.2 Å². The molecular weight excluding hydrogens is 458 g/mol. The molecule has 6 nitrogen and oxygen atoms in total. The van der Waals surface area contributed by atoms with Gasteiger partial charge in [0, 0.05) is 32.4 Å². The van der Waals surface area contributed by atoms with E-state index < -0.39 is 5.92 Å². The molecule has 1 aromatic carbocycles. The minimum absolute atomic E-state index is 0.00258. The minimum atomic E-state index is -0.513. The molecular formula is C28H39N3O3S. The van der Waals surface area contributed by atoms with E-state index in [1.807, 2.05) is 6.07 Å². The van der Waals surface area contributed by atoms with Crippen molar-refractivity contribution in [3.05, 3.63) is 41.4 Å². The molecule has 2 N–H and O–H groups in total. The molecule has 2 atom stereocenters. The smallest absolute Gasteiger partial charge is 0.224 e. The number of thiazole rings is 1. The van der Waals surface area contributed by atoms with Gasteiger partial charge in [0.05, 0.1) is 21.1 Å². The van der Waals surface area contributed by atoms with Gasteiger partial charge in [-0.1, -0.05) is 45.8 Å². The Balaban J connectivity index is 1.78. The lowest BCUT2D eigenvalue weighted by atomic mass is 9.81. The van der Waals surface area contributed by atoms with Gasteiger partial charge in [0.15, 0.2) is 5.78 Å². The highest BCUT2D eigenvalue weighted by Gasteiger charge is 2.30. The second-order valence-corrected chi connectivity index (χ2v) is 11.1. The summed E-state index contributed by atoms with van der Waals surface area (Å²) in [5.41, 5.74) is 2.19. The van der Waals surface area contributed by atoms with Gasteiger partial charge in [0.25, 0.3) is 0 Å². The molecule has 35 heavy (non-hydrogen) atoms. The van der Waals surface area contributed by atoms with Crippen molar-refractivity contribution in [2.24, 2.45) is 11.8 Å². The van der Waals surface area contributed by atoms with E-state index in [1.165, 1.54) is 18.1 Å². The molecule has 190 valence electrons. The van der Waals surface area contributed by atoms with Crippen molar-refractivity contribution in [2.45, 2.75) is 83.6 Å². The van der Waals surface area contributed by atoms with Crippen LogP contribution in [0.15, 0.2) is 30.9 Å². The van der Waals surface area contributed by atoms with Crippen LogP contribution in [0.2, 0.25) is 0 Å². The number of rotatable bonds is 12. The van der Waals surface area contributed by atoms with E-state index >= 15 is 0 Å². The standard InChI is InChI=1S/C28H39N3O3S/c1-5-22(32)12-14-23(19-9-7-6-8-10-19)31-28(34)21(16-26(33)29-4)17-27-30-24-13-11-20(18(2)3)15-25(24)35-27/h5,11,13,15,18-19,21,23H,1,6-10,12,14,16-17H2,2-4H3,(H,29,33)(H,31,34)/t21-,23+/m0/s1. The maximum atomic E-state index is 13.5. The average Bonchev–Trinajstić information content (AvgIpc) is 3.27. The number of ketones is 1. The predicted molar refractivity (Wildman–Crippen MR) is 143 cm³/mol. The first-order chi connectivity index (χ1) is 16.8. The van der Waals surface area contributed by atoms with E-state index in [2.05, 4.69) is 43.2 Å². The van der Waals surface area contributed by atoms with E-state index in [4.69, 9.17) is 4.98 Å². The van der Waals surface area contributed by atoms with E-state index in [1.54, 1.807) is 18.4 Å². The molecule has 2 aromatic rings. The van der Waals surface area contributed by atoms with E-state index in [9.17, 15) is 14.4 Å². The molecule has 0 aliphatic heterocycles. The van der Waals surface area contributed by atoms with Crippen LogP contribution in [0.4, 0.5) is 0 Å². The summed E-state index contributed by atoms with van der Waals surface area (Å²) in [7, 11) is 1.59. The topological polar surface area (TPSA) is 88.2 Å². The van der Waals surface area contributed by atoms with Crippen molar-refractivity contribution >= 4 is 39.2 Å². The number of hydrogen-bond donors (Lipinski definition) is 2. The Kier molecular flexibility index (Phi) is 10.0. The zero-order valence-corrected chi connectivity index (χ0v) is 22.1. The van der Waals surface area contributed by atoms with Gasteiger partial charge < -0.3 is 10.6 Å². The minimum Gasteiger partial charge on any atom is -0.359 e. The summed E-state index contributed by atoms with van der Waals surface area (Å²) in [6.07, 6.45) is 8.50. The van der Waals surface area contributed by atoms with E-state index in [0.29, 0.717) is 31.1 Å². The Labute approximate surface area is 213 Å². The van der Waals surface area contributed by atoms with E-state index in [-0.39, 0.29) is 30.1 Å². The number of carbonyl (C=O) groups excluding carboxylic acids is 3. The Morgan fingerprint density at radius 2 is 1.94 bits per heavy atom. The van der Waals surface area contributed by atoms with Crippen molar-refractivity contribution in [1.29, 1.82) is 0 Å². The van der Waals surface area contributed by atoms with Gasteiger partial charge in [-0.2, -0.15) is 0 Å². The van der Waals surface area contributed by atoms with Gasteiger partial charge in [0.1, 0.15) is 0 Å². The van der Waals surface area contributed by atoms with Crippen molar-refractivity contribution in [3.63, 3.8) is 0 Å². The fourth-order valence-corrected chi connectivity index (χ4v) is 5.99. The molecule has 0 unspecified atom stereocenters. The Morgan fingerprint density at radius 1 is 1.20 bits per heavy atom. The average molecular weight is 498 g/mol. The predicted octanol–water partition coefficient (Wildman–Crippen LogP) is 5.31. The Bertz CT molecular complexity index is 1040. The zero-order chi connectivity index (χ0) is 25.4. The number of hydrogen-bond acceptors (Lipinski definition) is 5. The molecule has 7 heteroatoms. The number of benzene rings is 1. The Morgan fingerprint density at radius 3 is 2.60 bits per heavy atom. The number of nitrogens with zero attached hydrogens (tertiary/aromatic N) is 1. The molecule has 1 fully saturated rings. The fourth-order valence-electron chi connectivity index (χ4n) is 4.89. The van der Waals surface area contributed by atoms with Crippen molar-refractivity contribution in [2.75, 3.05) is 7.05 Å². The SMILES string of the molecule is C=CC(=O)CC[C@@H](NC(=O)[C@@H](CC(=O)NC)Cc1nc2ccc(C(C)C)cc2s1)C1CCCCC1. The number of nitrogens with one attached hydrogen (secondary N) is 2. The van der Waals surface area contributed by atoms with Gasteiger partial charge >= 0.3 is 0 Å². The van der Waals surface area contributed by atoms with Crippen LogP contribution in [0.5, 0.6) is 0 Å². The maximum absolute atomic E-state index is 13.5. The molecule has 0 bridgehead atoms. The largest absolute Gasteiger partial charge is 0.359 e. The van der Waals surface area contributed by atoms with Crippen LogP contribution in [0.3, 0.4) is 0 Å². The van der Waals surface area contributed by atoms with Gasteiger partial charge in [-0.15, -0.1) is 11.3 Å². The van der Waals surface area contributed by atoms with Gasteiger partial charge in [-0.3, -0.25) is 14.4 Å². The van der Waals surface area contributed by atoms with Crippen LogP contribution in [-0.2, 0) is 20.8 Å². The monoisotopic (exact) mass is 497 g/mol. The molecule has 0 spiro atoms. The number of aromatic nitrogens is 1. The summed E-state index contributed by atoms with van der Waals surface area (Å²) in [6.45, 7) is 7.90. The third kappa shape index (κ3) is 7.72. The van der Waals surface area contributed by atoms with Crippen LogP contribution < -0.4 is 10.6 Å². The number of carbonyl (C=O) groups is 3. The summed E-state index contributed by atoms with van der Waals surface area (Å²) in [6, 6.07) is 6.24. The summed E-state index contributed by atoms with van der Waals surface area (Å²) >= 11 is 1.59. The van der Waals surface area contributed by atoms with Crippen molar-refractivity contribution in [3.8, 4) is 0 Å². The molecule has 0 radical (unpaired) electrons. The number of amides is 2. The first kappa shape index (κ1) is 27.1. The maximum Gasteiger partial charge on any atom is 0.224 e. The summed E-state index contributed by atoms with van der Waals surface area (Å²) in [5.74, 6) is -0.00969. The van der Waals surface area contributed by atoms with E-state index in [0.717, 1.165) is 40.9 Å². The molecule has 0 saturated heterocycles. The lowest BCUT2D eigenvalue weighted by Crippen LogP contribution is -2.45. The molecule has 1 aromatic heterocycles. The summed E-state index contributed by atoms with van der Waals surface area (Å²) in [4.78, 5) is 42.5. The molecule has 1 aliphatic carbocycles. The molecule has 3 rings (SSSR count). The molecule has 1 heterocycles. The van der Waals surface area contributed by atoms with Crippen molar-refractivity contribution < 1.29 is 14.4 Å². The molecule has 1 aliphatic rings. The molecule has 2 amide bonds. The summed E-state index contributed by atoms with van der Waals surface area (Å²) in [5, 5.41) is 6.76. The third-order valence-electron chi connectivity index (χ3n) is 7.10. The Hall–Kier alpha value is -2.54. The van der Waals surface area contributed by atoms with Gasteiger partial charge in [0.2, 0.25) is 11.8 Å². The number of allylic oxidation sites excluding steroid dienone is 1. The van der Waals surface area contributed by atoms with Gasteiger partial charge in [-0.05, 0) is 54.9 Å². The van der Waals surface area contributed by atoms with Crippen LogP contribution >= 0.6 is 11.3 Å². The quantitative estimate of drug-likeness (QED) is 0.389. The second-order valence-electron chi connectivity index (χ2n) is 9.99. The summed E-state index contributed by atoms with van der Waals surface area (Å²) < 4.78 is 1.10. The lowest BCUT2D eigenvalue weighted by molar-refractivity contribution is -0.131. The van der Waals surface area contributed by atoms with Gasteiger partial charge in [-0.25, -0.2) is 4.98 Å². The fraction of sp³-hybridized carbons (Fsp3) is 0.571. The number of fused-ring (bicyclic) bond motifs is 1. The third-order valence-corrected chi connectivity index (χ3v) is 8.14. The van der Waals surface area contributed by atoms with Crippen LogP contribution in [0.1, 0.15) is 81.7 Å². The second kappa shape index (κ2) is 13.0. The normalized spacial score (nSPS) is 16.1. The highest BCUT2D eigenvalue weighted by molar-refractivity contribution is 7.18. The van der Waals surface area contributed by atoms with Crippen molar-refractivity contribution in [1.82, 2.24) is 15.6 Å². The first-order valence-corrected chi connectivity index (χ1v) is 13.7. The lowest BCUT2D eigenvalue weighted by Gasteiger charge is -2.32. The molecule has 1 saturated carbocycles. The highest BCUT2D eigenvalue weighted by Crippen LogP contribution is 2.30. The highest BCUT2D eigenvalue weighted by atomic mass is 32.1. The first-order valence-electron chi connectivity index (χ1n) is 12.9. The zero-order valence-electron chi connectivity index (χ0n) is 21.3. The van der Waals surface area contributed by atoms with Crippen LogP contribution in [0, 0.1) is 11.8 Å².